The smallest absolute Gasteiger partial charge is 0.210 e. The van der Waals surface area contributed by atoms with Gasteiger partial charge in [0, 0.05) is 5.92 Å². The topological polar surface area (TPSA) is 0 Å². The summed E-state index contributed by atoms with van der Waals surface area (Å²) in [6, 6.07) is 0. The Labute approximate surface area is 98.1 Å². The van der Waals surface area contributed by atoms with Gasteiger partial charge in [-0.2, -0.15) is 0 Å². The van der Waals surface area contributed by atoms with E-state index < -0.39 is 12.3 Å². The third kappa shape index (κ3) is 3.29. The van der Waals surface area contributed by atoms with Crippen LogP contribution in [0.4, 0.5) is 8.78 Å². The van der Waals surface area contributed by atoms with Crippen molar-refractivity contribution in [3.63, 3.8) is 0 Å². The minimum Gasteiger partial charge on any atom is -0.210 e. The molecule has 94 valence electrons. The molecule has 0 spiro atoms. The Balaban J connectivity index is 2.71. The second-order valence-corrected chi connectivity index (χ2v) is 5.31. The van der Waals surface area contributed by atoms with Crippen molar-refractivity contribution in [1.82, 2.24) is 0 Å². The second kappa shape index (κ2) is 5.79. The van der Waals surface area contributed by atoms with Crippen LogP contribution in [0.15, 0.2) is 11.6 Å². The second-order valence-electron chi connectivity index (χ2n) is 5.31. The van der Waals surface area contributed by atoms with E-state index in [1.54, 1.807) is 0 Å². The molecule has 0 fully saturated rings. The Bertz CT molecular complexity index is 245. The quantitative estimate of drug-likeness (QED) is 0.550. The third-order valence-corrected chi connectivity index (χ3v) is 3.87. The monoisotopic (exact) mass is 230 g/mol. The molecule has 1 aliphatic rings. The van der Waals surface area contributed by atoms with Crippen LogP contribution in [0.25, 0.3) is 0 Å². The average molecular weight is 230 g/mol. The molecule has 0 radical (unpaired) electrons. The zero-order valence-corrected chi connectivity index (χ0v) is 10.7. The summed E-state index contributed by atoms with van der Waals surface area (Å²) in [5, 5.41) is 0. The van der Waals surface area contributed by atoms with Crippen LogP contribution < -0.4 is 0 Å². The fraction of sp³-hybridized carbons (Fsp3) is 0.857. The van der Waals surface area contributed by atoms with Crippen molar-refractivity contribution in [2.45, 2.75) is 65.7 Å². The highest BCUT2D eigenvalue weighted by atomic mass is 19.3. The van der Waals surface area contributed by atoms with Gasteiger partial charge in [-0.15, -0.1) is 0 Å². The molecule has 1 unspecified atom stereocenters. The lowest BCUT2D eigenvalue weighted by atomic mass is 9.75. The Morgan fingerprint density at radius 1 is 1.38 bits per heavy atom. The van der Waals surface area contributed by atoms with Crippen LogP contribution in [0.3, 0.4) is 0 Å². The number of hydrogen-bond acceptors (Lipinski definition) is 0. The van der Waals surface area contributed by atoms with Crippen LogP contribution in [-0.2, 0) is 0 Å². The maximum Gasteiger partial charge on any atom is 0.241 e. The standard InChI is InChI=1S/C14H24F2/c1-4-7-14(8-6-11(3)9-14)10-12(5-2)13(15)16/h9,12-13H,4-8,10H2,1-3H3/t12-,14?/m0/s1. The van der Waals surface area contributed by atoms with Crippen molar-refractivity contribution >= 4 is 0 Å². The molecule has 0 saturated carbocycles. The molecule has 0 N–H and O–H groups in total. The van der Waals surface area contributed by atoms with Gasteiger partial charge in [-0.1, -0.05) is 31.9 Å². The van der Waals surface area contributed by atoms with Crippen molar-refractivity contribution in [2.75, 3.05) is 0 Å². The molecule has 0 heterocycles. The van der Waals surface area contributed by atoms with Crippen molar-refractivity contribution in [1.29, 1.82) is 0 Å². The number of allylic oxidation sites excluding steroid dienone is 2. The van der Waals surface area contributed by atoms with Gasteiger partial charge in [0.15, 0.2) is 0 Å². The van der Waals surface area contributed by atoms with E-state index in [2.05, 4.69) is 19.9 Å². The van der Waals surface area contributed by atoms with Crippen LogP contribution in [0, 0.1) is 11.3 Å². The summed E-state index contributed by atoms with van der Waals surface area (Å²) in [7, 11) is 0. The van der Waals surface area contributed by atoms with E-state index in [4.69, 9.17) is 0 Å². The first kappa shape index (κ1) is 13.7. The van der Waals surface area contributed by atoms with Crippen LogP contribution in [-0.4, -0.2) is 6.43 Å². The lowest BCUT2D eigenvalue weighted by Crippen LogP contribution is -2.23. The largest absolute Gasteiger partial charge is 0.241 e. The molecule has 0 aromatic carbocycles. The Hall–Kier alpha value is -0.400. The molecule has 0 amide bonds. The molecule has 2 atom stereocenters. The van der Waals surface area contributed by atoms with E-state index >= 15 is 0 Å². The van der Waals surface area contributed by atoms with E-state index in [-0.39, 0.29) is 5.41 Å². The van der Waals surface area contributed by atoms with Crippen molar-refractivity contribution in [2.24, 2.45) is 11.3 Å². The van der Waals surface area contributed by atoms with Crippen LogP contribution in [0.1, 0.15) is 59.3 Å². The molecular weight excluding hydrogens is 206 g/mol. The van der Waals surface area contributed by atoms with Gasteiger partial charge in [-0.05, 0) is 44.4 Å². The Morgan fingerprint density at radius 2 is 2.06 bits per heavy atom. The summed E-state index contributed by atoms with van der Waals surface area (Å²) in [5.41, 5.74) is 1.47. The van der Waals surface area contributed by atoms with Crippen molar-refractivity contribution < 1.29 is 8.78 Å². The maximum atomic E-state index is 12.8. The van der Waals surface area contributed by atoms with Gasteiger partial charge in [-0.25, -0.2) is 8.78 Å². The molecule has 0 aromatic rings. The van der Waals surface area contributed by atoms with E-state index in [1.165, 1.54) is 5.57 Å². The molecule has 1 aliphatic carbocycles. The normalized spacial score (nSPS) is 27.2. The van der Waals surface area contributed by atoms with Gasteiger partial charge in [-0.3, -0.25) is 0 Å². The number of hydrogen-bond donors (Lipinski definition) is 0. The van der Waals surface area contributed by atoms with Gasteiger partial charge in [0.1, 0.15) is 0 Å². The summed E-state index contributed by atoms with van der Waals surface area (Å²) in [6.45, 7) is 6.15. The third-order valence-electron chi connectivity index (χ3n) is 3.87. The van der Waals surface area contributed by atoms with Gasteiger partial charge >= 0.3 is 0 Å². The first-order valence-corrected chi connectivity index (χ1v) is 6.49. The highest BCUT2D eigenvalue weighted by Crippen LogP contribution is 2.46. The van der Waals surface area contributed by atoms with E-state index in [1.807, 2.05) is 6.92 Å². The predicted molar refractivity (Wildman–Crippen MR) is 64.7 cm³/mol. The van der Waals surface area contributed by atoms with Crippen molar-refractivity contribution in [3.8, 4) is 0 Å². The fourth-order valence-corrected chi connectivity index (χ4v) is 3.01. The lowest BCUT2D eigenvalue weighted by molar-refractivity contribution is 0.0482. The molecule has 0 nitrogen and oxygen atoms in total. The Morgan fingerprint density at radius 3 is 2.44 bits per heavy atom. The van der Waals surface area contributed by atoms with Gasteiger partial charge in [0.2, 0.25) is 6.43 Å². The van der Waals surface area contributed by atoms with E-state index in [0.717, 1.165) is 25.7 Å². The summed E-state index contributed by atoms with van der Waals surface area (Å²) in [6.07, 6.45) is 5.71. The van der Waals surface area contributed by atoms with Gasteiger partial charge in [0.05, 0.1) is 0 Å². The molecule has 2 heteroatoms. The zero-order chi connectivity index (χ0) is 12.2. The lowest BCUT2D eigenvalue weighted by Gasteiger charge is -2.31. The molecule has 16 heavy (non-hydrogen) atoms. The average Bonchev–Trinajstić information content (AvgIpc) is 2.57. The minimum atomic E-state index is -2.16. The zero-order valence-electron chi connectivity index (χ0n) is 10.7. The van der Waals surface area contributed by atoms with E-state index in [0.29, 0.717) is 12.8 Å². The first-order valence-electron chi connectivity index (χ1n) is 6.49. The van der Waals surface area contributed by atoms with E-state index in [9.17, 15) is 8.78 Å². The SMILES string of the molecule is CCCC1(C[C@H](CC)C(F)F)C=C(C)CC1. The molecule has 0 aliphatic heterocycles. The molecule has 1 rings (SSSR count). The number of alkyl halides is 2. The van der Waals surface area contributed by atoms with Gasteiger partial charge in [0.25, 0.3) is 0 Å². The fourth-order valence-electron chi connectivity index (χ4n) is 3.01. The van der Waals surface area contributed by atoms with Crippen LogP contribution in [0.5, 0.6) is 0 Å². The minimum absolute atomic E-state index is 0.0793. The van der Waals surface area contributed by atoms with Gasteiger partial charge < -0.3 is 0 Å². The number of rotatable bonds is 6. The van der Waals surface area contributed by atoms with Crippen molar-refractivity contribution in [3.05, 3.63) is 11.6 Å². The highest BCUT2D eigenvalue weighted by Gasteiger charge is 2.35. The molecule has 0 aromatic heterocycles. The summed E-state index contributed by atoms with van der Waals surface area (Å²) in [5.74, 6) is -0.423. The Kier molecular flexibility index (Phi) is 4.94. The number of halogens is 2. The summed E-state index contributed by atoms with van der Waals surface area (Å²) >= 11 is 0. The molecule has 0 saturated heterocycles. The predicted octanol–water partition coefficient (Wildman–Crippen LogP) is 5.19. The first-order chi connectivity index (χ1) is 7.53. The van der Waals surface area contributed by atoms with Crippen LogP contribution >= 0.6 is 0 Å². The molecule has 0 bridgehead atoms. The summed E-state index contributed by atoms with van der Waals surface area (Å²) in [4.78, 5) is 0. The summed E-state index contributed by atoms with van der Waals surface area (Å²) < 4.78 is 25.7. The van der Waals surface area contributed by atoms with Crippen LogP contribution in [0.2, 0.25) is 0 Å². The molecular formula is C14H24F2. The maximum absolute atomic E-state index is 12.8. The highest BCUT2D eigenvalue weighted by molar-refractivity contribution is 5.15.